The number of carbonyl (C=O) groups is 1. The fraction of sp³-hybridized carbons (Fsp3) is 0.786. The van der Waals surface area contributed by atoms with Crippen LogP contribution in [0.25, 0.3) is 0 Å². The molecule has 17 heavy (non-hydrogen) atoms. The first kappa shape index (κ1) is 14.2. The number of rotatable bonds is 4. The van der Waals surface area contributed by atoms with Gasteiger partial charge >= 0.3 is 0 Å². The molecule has 2 N–H and O–H groups in total. The Kier molecular flexibility index (Phi) is 4.36. The Labute approximate surface area is 105 Å². The summed E-state index contributed by atoms with van der Waals surface area (Å²) < 4.78 is 0. The molecule has 98 valence electrons. The summed E-state index contributed by atoms with van der Waals surface area (Å²) in [5.41, 5.74) is 5.39. The molecule has 3 nitrogen and oxygen atoms in total. The van der Waals surface area contributed by atoms with Crippen LogP contribution in [0.4, 0.5) is 0 Å². The molecule has 0 aliphatic heterocycles. The fourth-order valence-corrected chi connectivity index (χ4v) is 2.63. The Bertz CT molecular complexity index is 285. The van der Waals surface area contributed by atoms with Crippen molar-refractivity contribution >= 4 is 5.91 Å². The van der Waals surface area contributed by atoms with Crippen LogP contribution < -0.4 is 5.73 Å². The zero-order chi connectivity index (χ0) is 13.1. The molecule has 0 spiro atoms. The second-order valence-corrected chi connectivity index (χ2v) is 6.07. The van der Waals surface area contributed by atoms with E-state index in [1.165, 1.54) is 0 Å². The van der Waals surface area contributed by atoms with Crippen molar-refractivity contribution in [1.82, 2.24) is 4.90 Å². The molecule has 1 aliphatic rings. The third-order valence-corrected chi connectivity index (χ3v) is 3.77. The second-order valence-electron chi connectivity index (χ2n) is 6.07. The summed E-state index contributed by atoms with van der Waals surface area (Å²) in [4.78, 5) is 14.6. The van der Waals surface area contributed by atoms with E-state index >= 15 is 0 Å². The van der Waals surface area contributed by atoms with Crippen molar-refractivity contribution in [2.24, 2.45) is 11.1 Å². The Morgan fingerprint density at radius 2 is 1.94 bits per heavy atom. The summed E-state index contributed by atoms with van der Waals surface area (Å²) >= 11 is 0. The highest BCUT2D eigenvalue weighted by Gasteiger charge is 2.44. The van der Waals surface area contributed by atoms with Gasteiger partial charge in [0.15, 0.2) is 0 Å². The van der Waals surface area contributed by atoms with E-state index in [1.54, 1.807) is 6.08 Å². The number of nitrogens with two attached hydrogens (primary N) is 1. The van der Waals surface area contributed by atoms with Crippen LogP contribution in [0, 0.1) is 5.41 Å². The zero-order valence-electron chi connectivity index (χ0n) is 11.5. The van der Waals surface area contributed by atoms with Crippen molar-refractivity contribution in [3.63, 3.8) is 0 Å². The lowest BCUT2D eigenvalue weighted by Crippen LogP contribution is -2.53. The molecule has 0 heterocycles. The summed E-state index contributed by atoms with van der Waals surface area (Å²) in [7, 11) is 0. The van der Waals surface area contributed by atoms with Crippen molar-refractivity contribution in [2.45, 2.75) is 52.0 Å². The van der Waals surface area contributed by atoms with Crippen molar-refractivity contribution in [2.75, 3.05) is 13.1 Å². The first-order chi connectivity index (χ1) is 7.87. The lowest BCUT2D eigenvalue weighted by atomic mass is 9.83. The maximum absolute atomic E-state index is 12.7. The maximum atomic E-state index is 12.7. The second kappa shape index (κ2) is 5.21. The summed E-state index contributed by atoms with van der Waals surface area (Å²) in [6.07, 6.45) is 5.91. The highest BCUT2D eigenvalue weighted by Crippen LogP contribution is 2.40. The maximum Gasteiger partial charge on any atom is 0.230 e. The van der Waals surface area contributed by atoms with Crippen molar-refractivity contribution in [1.29, 1.82) is 0 Å². The minimum Gasteiger partial charge on any atom is -0.334 e. The molecule has 0 radical (unpaired) electrons. The molecule has 0 bridgehead atoms. The van der Waals surface area contributed by atoms with Gasteiger partial charge in [-0.05, 0) is 33.6 Å². The number of hydrogen-bond donors (Lipinski definition) is 1. The standard InChI is InChI=1S/C14H26N2O/c1-5-10-16(13(2,3)4)12(17)14(11-15)8-6-7-9-14/h5H,1,6-11,15H2,2-4H3. The molecule has 1 fully saturated rings. The Morgan fingerprint density at radius 1 is 1.41 bits per heavy atom. The molecule has 0 saturated heterocycles. The van der Waals surface area contributed by atoms with E-state index in [9.17, 15) is 4.79 Å². The molecular formula is C14H26N2O. The zero-order valence-corrected chi connectivity index (χ0v) is 11.5. The van der Waals surface area contributed by atoms with Crippen LogP contribution in [0.15, 0.2) is 12.7 Å². The van der Waals surface area contributed by atoms with Gasteiger partial charge in [-0.25, -0.2) is 0 Å². The van der Waals surface area contributed by atoms with Gasteiger partial charge in [-0.2, -0.15) is 0 Å². The van der Waals surface area contributed by atoms with Gasteiger partial charge in [0.2, 0.25) is 5.91 Å². The normalized spacial score (nSPS) is 19.1. The molecule has 0 atom stereocenters. The van der Waals surface area contributed by atoms with Gasteiger partial charge in [0, 0.05) is 18.6 Å². The highest BCUT2D eigenvalue weighted by atomic mass is 16.2. The van der Waals surface area contributed by atoms with Gasteiger partial charge in [-0.1, -0.05) is 18.9 Å². The molecule has 1 rings (SSSR count). The van der Waals surface area contributed by atoms with Crippen molar-refractivity contribution in [3.05, 3.63) is 12.7 Å². The van der Waals surface area contributed by atoms with E-state index in [0.717, 1.165) is 25.7 Å². The number of hydrogen-bond acceptors (Lipinski definition) is 2. The molecule has 1 amide bonds. The number of carbonyl (C=O) groups excluding carboxylic acids is 1. The molecule has 0 aromatic heterocycles. The smallest absolute Gasteiger partial charge is 0.230 e. The Morgan fingerprint density at radius 3 is 2.29 bits per heavy atom. The van der Waals surface area contributed by atoms with Crippen molar-refractivity contribution < 1.29 is 4.79 Å². The van der Waals surface area contributed by atoms with Crippen molar-refractivity contribution in [3.8, 4) is 0 Å². The topological polar surface area (TPSA) is 46.3 Å². The van der Waals surface area contributed by atoms with E-state index in [4.69, 9.17) is 5.73 Å². The Hall–Kier alpha value is -0.830. The number of nitrogens with zero attached hydrogens (tertiary/aromatic N) is 1. The minimum atomic E-state index is -0.309. The molecule has 0 unspecified atom stereocenters. The summed E-state index contributed by atoms with van der Waals surface area (Å²) in [5, 5.41) is 0. The molecule has 0 aromatic carbocycles. The van der Waals surface area contributed by atoms with Gasteiger partial charge in [-0.15, -0.1) is 6.58 Å². The largest absolute Gasteiger partial charge is 0.334 e. The van der Waals surface area contributed by atoms with Gasteiger partial charge in [-0.3, -0.25) is 4.79 Å². The first-order valence-electron chi connectivity index (χ1n) is 6.50. The average Bonchev–Trinajstić information content (AvgIpc) is 2.73. The predicted molar refractivity (Wildman–Crippen MR) is 71.6 cm³/mol. The van der Waals surface area contributed by atoms with Gasteiger partial charge in [0.1, 0.15) is 0 Å². The third-order valence-electron chi connectivity index (χ3n) is 3.77. The van der Waals surface area contributed by atoms with E-state index < -0.39 is 0 Å². The molecular weight excluding hydrogens is 212 g/mol. The number of amides is 1. The fourth-order valence-electron chi connectivity index (χ4n) is 2.63. The molecule has 1 aliphatic carbocycles. The van der Waals surface area contributed by atoms with E-state index in [1.807, 2.05) is 4.90 Å². The van der Waals surface area contributed by atoms with Crippen LogP contribution in [-0.2, 0) is 4.79 Å². The van der Waals surface area contributed by atoms with Crippen LogP contribution in [0.1, 0.15) is 46.5 Å². The quantitative estimate of drug-likeness (QED) is 0.764. The van der Waals surface area contributed by atoms with Crippen LogP contribution >= 0.6 is 0 Å². The summed E-state index contributed by atoms with van der Waals surface area (Å²) in [5.74, 6) is 0.213. The SMILES string of the molecule is C=CCN(C(=O)C1(CN)CCCC1)C(C)(C)C. The van der Waals surface area contributed by atoms with Crippen LogP contribution in [0.2, 0.25) is 0 Å². The Balaban J connectivity index is 2.94. The summed E-state index contributed by atoms with van der Waals surface area (Å²) in [6, 6.07) is 0. The van der Waals surface area contributed by atoms with Gasteiger partial charge in [0.05, 0.1) is 5.41 Å². The summed E-state index contributed by atoms with van der Waals surface area (Å²) in [6.45, 7) is 11.0. The highest BCUT2D eigenvalue weighted by molar-refractivity contribution is 5.84. The van der Waals surface area contributed by atoms with Gasteiger partial charge in [0.25, 0.3) is 0 Å². The first-order valence-corrected chi connectivity index (χ1v) is 6.50. The van der Waals surface area contributed by atoms with Crippen LogP contribution in [0.3, 0.4) is 0 Å². The van der Waals surface area contributed by atoms with E-state index in [2.05, 4.69) is 27.4 Å². The van der Waals surface area contributed by atoms with Crippen LogP contribution in [-0.4, -0.2) is 29.4 Å². The van der Waals surface area contributed by atoms with E-state index in [0.29, 0.717) is 13.1 Å². The van der Waals surface area contributed by atoms with Gasteiger partial charge < -0.3 is 10.6 Å². The third kappa shape index (κ3) is 2.89. The predicted octanol–water partition coefficient (Wildman–Crippen LogP) is 2.32. The molecule has 0 aromatic rings. The van der Waals surface area contributed by atoms with Crippen LogP contribution in [0.5, 0.6) is 0 Å². The molecule has 1 saturated carbocycles. The molecule has 3 heteroatoms. The monoisotopic (exact) mass is 238 g/mol. The lowest BCUT2D eigenvalue weighted by Gasteiger charge is -2.41. The van der Waals surface area contributed by atoms with E-state index in [-0.39, 0.29) is 16.9 Å². The average molecular weight is 238 g/mol. The lowest BCUT2D eigenvalue weighted by molar-refractivity contribution is -0.145. The minimum absolute atomic E-state index is 0.171.